The molecule has 6 nitrogen and oxygen atoms in total. The van der Waals surface area contributed by atoms with Crippen molar-refractivity contribution in [1.82, 2.24) is 0 Å². The highest BCUT2D eigenvalue weighted by atomic mass is 32.2. The van der Waals surface area contributed by atoms with Gasteiger partial charge in [0, 0.05) is 17.9 Å². The van der Waals surface area contributed by atoms with Crippen molar-refractivity contribution in [2.75, 3.05) is 26.1 Å². The highest BCUT2D eigenvalue weighted by molar-refractivity contribution is 7.87. The number of rotatable bonds is 7. The maximum atomic E-state index is 11.2. The van der Waals surface area contributed by atoms with Gasteiger partial charge in [-0.25, -0.2) is 0 Å². The van der Waals surface area contributed by atoms with Crippen molar-refractivity contribution in [3.63, 3.8) is 0 Å². The zero-order valence-electron chi connectivity index (χ0n) is 8.60. The van der Waals surface area contributed by atoms with Crippen LogP contribution in [0.2, 0.25) is 0 Å². The normalized spacial score (nSPS) is 14.3. The molecule has 0 saturated heterocycles. The van der Waals surface area contributed by atoms with E-state index in [0.717, 1.165) is 0 Å². The Kier molecular flexibility index (Phi) is 6.89. The summed E-state index contributed by atoms with van der Waals surface area (Å²) in [5.41, 5.74) is 0. The number of ether oxygens (including phenoxy) is 2. The van der Waals surface area contributed by atoms with Crippen LogP contribution in [-0.4, -0.2) is 52.6 Å². The maximum Gasteiger partial charge on any atom is 0.321 e. The van der Waals surface area contributed by atoms with E-state index in [4.69, 9.17) is 9.84 Å². The van der Waals surface area contributed by atoms with E-state index in [1.807, 2.05) is 0 Å². The van der Waals surface area contributed by atoms with Crippen LogP contribution in [0.15, 0.2) is 0 Å². The van der Waals surface area contributed by atoms with Gasteiger partial charge in [0.05, 0.1) is 6.61 Å². The summed E-state index contributed by atoms with van der Waals surface area (Å²) in [6.07, 6.45) is 0. The third kappa shape index (κ3) is 6.19. The van der Waals surface area contributed by atoms with Crippen molar-refractivity contribution in [2.45, 2.75) is 12.2 Å². The highest BCUT2D eigenvalue weighted by Crippen LogP contribution is 1.99. The van der Waals surface area contributed by atoms with Gasteiger partial charge in [-0.1, -0.05) is 0 Å². The van der Waals surface area contributed by atoms with Crippen LogP contribution in [0.25, 0.3) is 0 Å². The topological polar surface area (TPSA) is 89.9 Å². The van der Waals surface area contributed by atoms with Crippen LogP contribution in [0.1, 0.15) is 6.92 Å². The molecule has 0 aliphatic heterocycles. The van der Waals surface area contributed by atoms with Gasteiger partial charge in [-0.2, -0.15) is 0 Å². The average molecular weight is 238 g/mol. The van der Waals surface area contributed by atoms with Gasteiger partial charge < -0.3 is 14.6 Å². The first-order chi connectivity index (χ1) is 6.99. The molecule has 0 aromatic carbocycles. The third-order valence-electron chi connectivity index (χ3n) is 1.52. The minimum atomic E-state index is -1.75. The van der Waals surface area contributed by atoms with Gasteiger partial charge in [0.15, 0.2) is 0 Å². The van der Waals surface area contributed by atoms with Gasteiger partial charge >= 0.3 is 11.9 Å². The SMILES string of the molecule is COCCOC(=O)C(C)S(=O)CC(=O)O. The summed E-state index contributed by atoms with van der Waals surface area (Å²) in [5, 5.41) is 7.43. The largest absolute Gasteiger partial charge is 0.481 e. The van der Waals surface area contributed by atoms with Crippen LogP contribution in [0.4, 0.5) is 0 Å². The fraction of sp³-hybridized carbons (Fsp3) is 0.750. The fourth-order valence-electron chi connectivity index (χ4n) is 0.697. The van der Waals surface area contributed by atoms with Crippen LogP contribution < -0.4 is 0 Å². The Morgan fingerprint density at radius 1 is 1.40 bits per heavy atom. The molecular weight excluding hydrogens is 224 g/mol. The first-order valence-electron chi connectivity index (χ1n) is 4.23. The van der Waals surface area contributed by atoms with Crippen molar-refractivity contribution < 1.29 is 28.4 Å². The van der Waals surface area contributed by atoms with Crippen LogP contribution >= 0.6 is 0 Å². The first-order valence-corrected chi connectivity index (χ1v) is 5.61. The second-order valence-electron chi connectivity index (χ2n) is 2.72. The lowest BCUT2D eigenvalue weighted by molar-refractivity contribution is -0.143. The van der Waals surface area contributed by atoms with E-state index in [0.29, 0.717) is 0 Å². The molecule has 0 aliphatic carbocycles. The lowest BCUT2D eigenvalue weighted by atomic mass is 10.5. The minimum absolute atomic E-state index is 0.0734. The van der Waals surface area contributed by atoms with Gasteiger partial charge in [0.1, 0.15) is 17.6 Å². The molecule has 0 spiro atoms. The molecule has 0 aliphatic rings. The molecule has 7 heteroatoms. The molecule has 1 N–H and O–H groups in total. The number of hydrogen-bond donors (Lipinski definition) is 1. The summed E-state index contributed by atoms with van der Waals surface area (Å²) in [6.45, 7) is 1.70. The van der Waals surface area contributed by atoms with Crippen LogP contribution in [0, 0.1) is 0 Å². The van der Waals surface area contributed by atoms with E-state index in [2.05, 4.69) is 4.74 Å². The van der Waals surface area contributed by atoms with E-state index in [9.17, 15) is 13.8 Å². The molecule has 0 radical (unpaired) electrons. The van der Waals surface area contributed by atoms with Crippen LogP contribution in [-0.2, 0) is 29.9 Å². The number of carboxylic acids is 1. The molecule has 0 saturated carbocycles. The fourth-order valence-corrected chi connectivity index (χ4v) is 1.47. The number of carbonyl (C=O) groups is 2. The number of aliphatic carboxylic acids is 1. The van der Waals surface area contributed by atoms with Crippen molar-refractivity contribution in [3.8, 4) is 0 Å². The van der Waals surface area contributed by atoms with Gasteiger partial charge in [0.25, 0.3) is 0 Å². The van der Waals surface area contributed by atoms with E-state index in [1.54, 1.807) is 0 Å². The highest BCUT2D eigenvalue weighted by Gasteiger charge is 2.23. The molecule has 0 amide bonds. The molecule has 0 aromatic heterocycles. The van der Waals surface area contributed by atoms with Crippen molar-refractivity contribution in [3.05, 3.63) is 0 Å². The summed E-state index contributed by atoms with van der Waals surface area (Å²) in [7, 11) is -0.287. The molecule has 0 aromatic rings. The zero-order chi connectivity index (χ0) is 11.8. The maximum absolute atomic E-state index is 11.2. The standard InChI is InChI=1S/C8H14O6S/c1-6(15(12)5-7(9)10)8(11)14-4-3-13-2/h6H,3-5H2,1-2H3,(H,9,10). The van der Waals surface area contributed by atoms with E-state index >= 15 is 0 Å². The first kappa shape index (κ1) is 14.1. The van der Waals surface area contributed by atoms with Gasteiger partial charge in [-0.15, -0.1) is 0 Å². The zero-order valence-corrected chi connectivity index (χ0v) is 9.41. The molecule has 0 heterocycles. The molecule has 15 heavy (non-hydrogen) atoms. The number of carboxylic acid groups (broad SMARTS) is 1. The quantitative estimate of drug-likeness (QED) is 0.470. The second-order valence-corrected chi connectivity index (χ2v) is 4.48. The summed E-state index contributed by atoms with van der Waals surface area (Å²) in [6, 6.07) is 0. The predicted molar refractivity (Wildman–Crippen MR) is 52.9 cm³/mol. The van der Waals surface area contributed by atoms with E-state index in [1.165, 1.54) is 14.0 Å². The molecular formula is C8H14O6S. The Labute approximate surface area is 90.0 Å². The van der Waals surface area contributed by atoms with Crippen molar-refractivity contribution >= 4 is 22.7 Å². The van der Waals surface area contributed by atoms with Crippen molar-refractivity contribution in [1.29, 1.82) is 0 Å². The average Bonchev–Trinajstić information content (AvgIpc) is 2.15. The smallest absolute Gasteiger partial charge is 0.321 e. The third-order valence-corrected chi connectivity index (χ3v) is 3.04. The Balaban J connectivity index is 3.96. The molecule has 0 fully saturated rings. The lowest BCUT2D eigenvalue weighted by Gasteiger charge is -2.09. The Morgan fingerprint density at radius 2 is 2.00 bits per heavy atom. The summed E-state index contributed by atoms with van der Waals surface area (Å²) >= 11 is 0. The summed E-state index contributed by atoms with van der Waals surface area (Å²) in [5.74, 6) is -2.43. The number of carbonyl (C=O) groups excluding carboxylic acids is 1. The number of hydrogen-bond acceptors (Lipinski definition) is 5. The lowest BCUT2D eigenvalue weighted by Crippen LogP contribution is -2.29. The van der Waals surface area contributed by atoms with Crippen molar-refractivity contribution in [2.24, 2.45) is 0 Å². The van der Waals surface area contributed by atoms with Crippen LogP contribution in [0.3, 0.4) is 0 Å². The van der Waals surface area contributed by atoms with E-state index in [-0.39, 0.29) is 13.2 Å². The number of esters is 1. The monoisotopic (exact) mass is 238 g/mol. The van der Waals surface area contributed by atoms with E-state index < -0.39 is 33.7 Å². The molecule has 2 unspecified atom stereocenters. The minimum Gasteiger partial charge on any atom is -0.481 e. The van der Waals surface area contributed by atoms with Gasteiger partial charge in [0.2, 0.25) is 0 Å². The number of methoxy groups -OCH3 is 1. The van der Waals surface area contributed by atoms with Gasteiger partial charge in [-0.3, -0.25) is 13.8 Å². The second kappa shape index (κ2) is 7.36. The molecule has 2 atom stereocenters. The summed E-state index contributed by atoms with van der Waals surface area (Å²) in [4.78, 5) is 21.4. The summed E-state index contributed by atoms with van der Waals surface area (Å²) < 4.78 is 20.6. The van der Waals surface area contributed by atoms with Crippen LogP contribution in [0.5, 0.6) is 0 Å². The Bertz CT molecular complexity index is 252. The molecule has 0 bridgehead atoms. The Hall–Kier alpha value is -0.950. The predicted octanol–water partition coefficient (Wildman–Crippen LogP) is -0.602. The molecule has 88 valence electrons. The van der Waals surface area contributed by atoms with Gasteiger partial charge in [-0.05, 0) is 6.92 Å². The molecule has 0 rings (SSSR count). The Morgan fingerprint density at radius 3 is 2.47 bits per heavy atom.